The largest absolute Gasteiger partial charge is 0.457 e. The lowest BCUT2D eigenvalue weighted by molar-refractivity contribution is -0.106. The first-order valence-electron chi connectivity index (χ1n) is 6.79. The second-order valence-electron chi connectivity index (χ2n) is 5.14. The predicted octanol–water partition coefficient (Wildman–Crippen LogP) is -0.267. The zero-order valence-corrected chi connectivity index (χ0v) is 12.8. The Labute approximate surface area is 133 Å². The van der Waals surface area contributed by atoms with Crippen molar-refractivity contribution in [3.8, 4) is 0 Å². The van der Waals surface area contributed by atoms with Crippen LogP contribution in [0, 0.1) is 0 Å². The van der Waals surface area contributed by atoms with Crippen molar-refractivity contribution in [1.29, 1.82) is 0 Å². The van der Waals surface area contributed by atoms with E-state index in [1.807, 2.05) is 0 Å². The first-order chi connectivity index (χ1) is 10.4. The quantitative estimate of drug-likeness (QED) is 0.592. The van der Waals surface area contributed by atoms with Gasteiger partial charge in [0, 0.05) is 12.1 Å². The minimum absolute atomic E-state index is 0.275. The van der Waals surface area contributed by atoms with Crippen molar-refractivity contribution < 1.29 is 25.2 Å². The van der Waals surface area contributed by atoms with Gasteiger partial charge in [-0.1, -0.05) is 17.7 Å². The number of aliphatic hydroxyl groups excluding tert-OH is 4. The lowest BCUT2D eigenvalue weighted by atomic mass is 10.0. The summed E-state index contributed by atoms with van der Waals surface area (Å²) in [6.45, 7) is -0.361. The van der Waals surface area contributed by atoms with Gasteiger partial charge in [-0.25, -0.2) is 0 Å². The number of nitrogens with zero attached hydrogens (tertiary/aromatic N) is 2. The Morgan fingerprint density at radius 3 is 2.77 bits per heavy atom. The fourth-order valence-corrected chi connectivity index (χ4v) is 2.30. The van der Waals surface area contributed by atoms with Gasteiger partial charge in [0.2, 0.25) is 0 Å². The molecule has 1 heterocycles. The van der Waals surface area contributed by atoms with E-state index in [0.717, 1.165) is 0 Å². The van der Waals surface area contributed by atoms with Crippen LogP contribution in [0.25, 0.3) is 0 Å². The number of hydrogen-bond donors (Lipinski definition) is 4. The third-order valence-electron chi connectivity index (χ3n) is 3.38. The third kappa shape index (κ3) is 3.88. The average molecular weight is 331 g/mol. The maximum absolute atomic E-state index is 10.0. The molecule has 7 nitrogen and oxygen atoms in total. The topological polar surface area (TPSA) is 106 Å². The van der Waals surface area contributed by atoms with E-state index in [1.165, 1.54) is 0 Å². The highest BCUT2D eigenvalue weighted by atomic mass is 35.5. The molecule has 2 rings (SSSR count). The van der Waals surface area contributed by atoms with Crippen LogP contribution in [0.4, 0.5) is 5.69 Å². The van der Waals surface area contributed by atoms with Gasteiger partial charge in [0.05, 0.1) is 18.8 Å². The van der Waals surface area contributed by atoms with Crippen molar-refractivity contribution in [2.24, 2.45) is 4.99 Å². The van der Waals surface area contributed by atoms with Gasteiger partial charge in [-0.2, -0.15) is 4.99 Å². The molecule has 4 N–H and O–H groups in total. The summed E-state index contributed by atoms with van der Waals surface area (Å²) in [4.78, 5) is 5.96. The van der Waals surface area contributed by atoms with Gasteiger partial charge in [0.25, 0.3) is 6.02 Å². The molecule has 8 heteroatoms. The molecule has 0 radical (unpaired) electrons. The number of hydrogen-bond acceptors (Lipinski definition) is 6. The normalized spacial score (nSPS) is 24.2. The van der Waals surface area contributed by atoms with Crippen LogP contribution in [-0.4, -0.2) is 76.0 Å². The molecule has 4 atom stereocenters. The SMILES string of the molecule is CN1CC([C@@H](O)[C@@H](O)[C@H](O)CO)OC1=Nc1cccc(Cl)c1. The van der Waals surface area contributed by atoms with Crippen LogP contribution >= 0.6 is 11.6 Å². The predicted molar refractivity (Wildman–Crippen MR) is 81.2 cm³/mol. The molecule has 1 fully saturated rings. The van der Waals surface area contributed by atoms with Crippen molar-refractivity contribution in [3.05, 3.63) is 29.3 Å². The highest BCUT2D eigenvalue weighted by Gasteiger charge is 2.38. The lowest BCUT2D eigenvalue weighted by Crippen LogP contribution is -2.47. The van der Waals surface area contributed by atoms with Crippen LogP contribution in [0.3, 0.4) is 0 Å². The molecule has 0 saturated carbocycles. The van der Waals surface area contributed by atoms with Gasteiger partial charge in [0.15, 0.2) is 0 Å². The van der Waals surface area contributed by atoms with Crippen molar-refractivity contribution in [1.82, 2.24) is 4.90 Å². The van der Waals surface area contributed by atoms with Gasteiger partial charge in [-0.3, -0.25) is 0 Å². The molecule has 0 amide bonds. The summed E-state index contributed by atoms with van der Waals surface area (Å²) >= 11 is 5.89. The smallest absolute Gasteiger partial charge is 0.292 e. The Morgan fingerprint density at radius 2 is 2.14 bits per heavy atom. The van der Waals surface area contributed by atoms with Gasteiger partial charge in [-0.15, -0.1) is 0 Å². The Hall–Kier alpha value is -1.38. The number of likely N-dealkylation sites (N-methyl/N-ethyl adjacent to an activating group) is 1. The number of benzene rings is 1. The maximum Gasteiger partial charge on any atom is 0.292 e. The molecular weight excluding hydrogens is 312 g/mol. The Balaban J connectivity index is 2.09. The van der Waals surface area contributed by atoms with E-state index in [9.17, 15) is 15.3 Å². The standard InChI is InChI=1S/C14H19ClN2O5/c1-17-6-11(13(21)12(20)10(19)7-18)22-14(17)16-9-4-2-3-8(15)5-9/h2-5,10-13,18-21H,6-7H2,1H3/t10-,11?,12+,13-/m1/s1. The summed E-state index contributed by atoms with van der Waals surface area (Å²) in [6, 6.07) is 7.18. The molecular formula is C14H19ClN2O5. The molecule has 0 spiro atoms. The molecule has 1 aliphatic rings. The first-order valence-corrected chi connectivity index (χ1v) is 7.17. The summed E-state index contributed by atoms with van der Waals surface area (Å²) < 4.78 is 5.53. The molecule has 1 aliphatic heterocycles. The third-order valence-corrected chi connectivity index (χ3v) is 3.62. The van der Waals surface area contributed by atoms with Gasteiger partial charge >= 0.3 is 0 Å². The number of halogens is 1. The molecule has 0 bridgehead atoms. The molecule has 1 unspecified atom stereocenters. The lowest BCUT2D eigenvalue weighted by Gasteiger charge is -2.24. The van der Waals surface area contributed by atoms with Gasteiger partial charge < -0.3 is 30.1 Å². The fourth-order valence-electron chi connectivity index (χ4n) is 2.11. The number of aliphatic imine (C=N–C) groups is 1. The average Bonchev–Trinajstić information content (AvgIpc) is 2.86. The molecule has 1 saturated heterocycles. The van der Waals surface area contributed by atoms with Crippen molar-refractivity contribution in [2.75, 3.05) is 20.2 Å². The Bertz CT molecular complexity index is 542. The minimum atomic E-state index is -1.51. The van der Waals surface area contributed by atoms with E-state index in [1.54, 1.807) is 36.2 Å². The van der Waals surface area contributed by atoms with Crippen molar-refractivity contribution >= 4 is 23.3 Å². The van der Waals surface area contributed by atoms with Crippen molar-refractivity contribution in [3.63, 3.8) is 0 Å². The van der Waals surface area contributed by atoms with Gasteiger partial charge in [0.1, 0.15) is 24.4 Å². The van der Waals surface area contributed by atoms with Gasteiger partial charge in [-0.05, 0) is 18.2 Å². The molecule has 0 aliphatic carbocycles. The monoisotopic (exact) mass is 330 g/mol. The second-order valence-corrected chi connectivity index (χ2v) is 5.58. The summed E-state index contributed by atoms with van der Waals surface area (Å²) in [5.41, 5.74) is 0.598. The zero-order valence-electron chi connectivity index (χ0n) is 12.0. The van der Waals surface area contributed by atoms with Crippen molar-refractivity contribution in [2.45, 2.75) is 24.4 Å². The van der Waals surface area contributed by atoms with E-state index in [2.05, 4.69) is 4.99 Å². The van der Waals surface area contributed by atoms with Crippen LogP contribution in [0.1, 0.15) is 0 Å². The number of rotatable bonds is 5. The van der Waals surface area contributed by atoms with E-state index < -0.39 is 31.0 Å². The fraction of sp³-hybridized carbons (Fsp3) is 0.500. The number of amidine groups is 1. The second kappa shape index (κ2) is 7.26. The Kier molecular flexibility index (Phi) is 5.60. The molecule has 1 aromatic rings. The van der Waals surface area contributed by atoms with Crippen LogP contribution in [0.15, 0.2) is 29.3 Å². The van der Waals surface area contributed by atoms with Crippen LogP contribution in [0.2, 0.25) is 5.02 Å². The summed E-state index contributed by atoms with van der Waals surface area (Å²) in [7, 11) is 1.73. The summed E-state index contributed by atoms with van der Waals surface area (Å²) in [5, 5.41) is 38.5. The zero-order chi connectivity index (χ0) is 16.3. The molecule has 0 aromatic heterocycles. The minimum Gasteiger partial charge on any atom is -0.457 e. The molecule has 122 valence electrons. The summed E-state index contributed by atoms with van der Waals surface area (Å²) in [6.07, 6.45) is -5.05. The highest BCUT2D eigenvalue weighted by Crippen LogP contribution is 2.22. The summed E-state index contributed by atoms with van der Waals surface area (Å²) in [5.74, 6) is 0. The van der Waals surface area contributed by atoms with E-state index in [4.69, 9.17) is 21.4 Å². The number of aliphatic hydroxyl groups is 4. The van der Waals surface area contributed by atoms with Crippen LogP contribution in [0.5, 0.6) is 0 Å². The number of ether oxygens (including phenoxy) is 1. The first kappa shape index (κ1) is 17.0. The van der Waals surface area contributed by atoms with E-state index >= 15 is 0 Å². The molecule has 22 heavy (non-hydrogen) atoms. The highest BCUT2D eigenvalue weighted by molar-refractivity contribution is 6.30. The van der Waals surface area contributed by atoms with E-state index in [0.29, 0.717) is 10.7 Å². The van der Waals surface area contributed by atoms with Crippen LogP contribution in [-0.2, 0) is 4.74 Å². The molecule has 1 aromatic carbocycles. The maximum atomic E-state index is 10.0. The van der Waals surface area contributed by atoms with Crippen LogP contribution < -0.4 is 0 Å². The Morgan fingerprint density at radius 1 is 1.41 bits per heavy atom. The van der Waals surface area contributed by atoms with E-state index in [-0.39, 0.29) is 12.6 Å².